The molecule has 0 spiro atoms. The molecule has 0 unspecified atom stereocenters. The van der Waals surface area contributed by atoms with Crippen molar-refractivity contribution in [3.63, 3.8) is 0 Å². The van der Waals surface area contributed by atoms with E-state index in [9.17, 15) is 0 Å². The van der Waals surface area contributed by atoms with Gasteiger partial charge in [0.2, 0.25) is 0 Å². The minimum absolute atomic E-state index is 0.122. The summed E-state index contributed by atoms with van der Waals surface area (Å²) >= 11 is 0. The Balaban J connectivity index is 1.68. The lowest BCUT2D eigenvalue weighted by molar-refractivity contribution is 0.137. The minimum atomic E-state index is 0.122. The highest BCUT2D eigenvalue weighted by atomic mass is 16.5. The molecule has 1 aliphatic heterocycles. The summed E-state index contributed by atoms with van der Waals surface area (Å²) in [5, 5.41) is 7.61. The Kier molecular flexibility index (Phi) is 4.58. The van der Waals surface area contributed by atoms with Gasteiger partial charge in [0.25, 0.3) is 0 Å². The average Bonchev–Trinajstić information content (AvgIpc) is 2.65. The molecule has 3 aromatic rings. The molecular weight excluding hydrogens is 328 g/mol. The number of hydrogen-bond donors (Lipinski definition) is 2. The summed E-state index contributed by atoms with van der Waals surface area (Å²) in [6, 6.07) is 14.3. The molecule has 2 aromatic carbocycles. The monoisotopic (exact) mass is 350 g/mol. The second kappa shape index (κ2) is 7.17. The Labute approximate surface area is 152 Å². The normalized spacial score (nSPS) is 15.3. The Morgan fingerprint density at radius 2 is 1.92 bits per heavy atom. The van der Waals surface area contributed by atoms with E-state index in [0.29, 0.717) is 5.75 Å². The Morgan fingerprint density at radius 1 is 1.12 bits per heavy atom. The van der Waals surface area contributed by atoms with E-state index in [-0.39, 0.29) is 12.1 Å². The molecule has 2 heterocycles. The van der Waals surface area contributed by atoms with Crippen LogP contribution in [0, 0.1) is 0 Å². The van der Waals surface area contributed by atoms with E-state index in [4.69, 9.17) is 9.47 Å². The predicted molar refractivity (Wildman–Crippen MR) is 102 cm³/mol. The zero-order valence-electron chi connectivity index (χ0n) is 14.9. The molecule has 26 heavy (non-hydrogen) atoms. The average molecular weight is 350 g/mol. The van der Waals surface area contributed by atoms with E-state index in [1.807, 2.05) is 30.3 Å². The fraction of sp³-hybridized carbons (Fsp3) is 0.300. The number of ether oxygens (including phenoxy) is 2. The van der Waals surface area contributed by atoms with Crippen LogP contribution in [0.15, 0.2) is 48.8 Å². The highest BCUT2D eigenvalue weighted by molar-refractivity contribution is 5.91. The van der Waals surface area contributed by atoms with Crippen LogP contribution >= 0.6 is 0 Å². The molecule has 0 saturated carbocycles. The molecule has 6 nitrogen and oxygen atoms in total. The first-order chi connectivity index (χ1) is 12.7. The fourth-order valence-corrected chi connectivity index (χ4v) is 2.99. The van der Waals surface area contributed by atoms with E-state index >= 15 is 0 Å². The minimum Gasteiger partial charge on any atom is -0.493 e. The number of nitrogens with one attached hydrogen (secondary N) is 2. The highest BCUT2D eigenvalue weighted by Crippen LogP contribution is 2.35. The number of fused-ring (bicyclic) bond motifs is 1. The first kappa shape index (κ1) is 16.6. The lowest BCUT2D eigenvalue weighted by atomic mass is 10.1. The second-order valence-electron chi connectivity index (χ2n) is 6.42. The molecule has 0 radical (unpaired) electrons. The van der Waals surface area contributed by atoms with Crippen molar-refractivity contribution >= 4 is 16.7 Å². The SMILES string of the molecule is COc1cc2ncnc(N[C@H](C)c3ccccc3)c2cc1OC1CNC1. The first-order valence-corrected chi connectivity index (χ1v) is 8.76. The zero-order valence-corrected chi connectivity index (χ0v) is 14.9. The van der Waals surface area contributed by atoms with Crippen LogP contribution in [0.4, 0.5) is 5.82 Å². The van der Waals surface area contributed by atoms with Crippen molar-refractivity contribution in [1.82, 2.24) is 15.3 Å². The molecule has 2 N–H and O–H groups in total. The molecule has 1 atom stereocenters. The number of rotatable bonds is 6. The van der Waals surface area contributed by atoms with Gasteiger partial charge in [-0.2, -0.15) is 0 Å². The summed E-state index contributed by atoms with van der Waals surface area (Å²) < 4.78 is 11.5. The molecule has 1 aliphatic rings. The standard InChI is InChI=1S/C20H22N4O2/c1-13(14-6-4-3-5-7-14)24-20-16-8-19(26-15-10-21-11-15)18(25-2)9-17(16)22-12-23-20/h3-9,12-13,15,21H,10-11H2,1-2H3,(H,22,23,24)/t13-/m1/s1. The van der Waals surface area contributed by atoms with E-state index in [1.54, 1.807) is 13.4 Å². The molecule has 4 rings (SSSR count). The Morgan fingerprint density at radius 3 is 2.62 bits per heavy atom. The van der Waals surface area contributed by atoms with E-state index in [2.05, 4.69) is 39.7 Å². The summed E-state index contributed by atoms with van der Waals surface area (Å²) in [6.07, 6.45) is 1.74. The zero-order chi connectivity index (χ0) is 17.9. The van der Waals surface area contributed by atoms with Gasteiger partial charge in [0.1, 0.15) is 18.2 Å². The van der Waals surface area contributed by atoms with Crippen LogP contribution in [0.3, 0.4) is 0 Å². The maximum Gasteiger partial charge on any atom is 0.162 e. The van der Waals surface area contributed by atoms with Gasteiger partial charge in [-0.15, -0.1) is 0 Å². The summed E-state index contributed by atoms with van der Waals surface area (Å²) in [7, 11) is 1.64. The Hall–Kier alpha value is -2.86. The molecule has 0 aliphatic carbocycles. The van der Waals surface area contributed by atoms with Crippen molar-refractivity contribution in [2.24, 2.45) is 0 Å². The lowest BCUT2D eigenvalue weighted by Crippen LogP contribution is -2.50. The molecular formula is C20H22N4O2. The van der Waals surface area contributed by atoms with Crippen LogP contribution in [0.5, 0.6) is 11.5 Å². The topological polar surface area (TPSA) is 68.3 Å². The third-order valence-electron chi connectivity index (χ3n) is 4.61. The quantitative estimate of drug-likeness (QED) is 0.712. The first-order valence-electron chi connectivity index (χ1n) is 8.76. The van der Waals surface area contributed by atoms with E-state index in [0.717, 1.165) is 35.6 Å². The number of methoxy groups -OCH3 is 1. The maximum absolute atomic E-state index is 6.05. The van der Waals surface area contributed by atoms with Crippen LogP contribution in [0.25, 0.3) is 10.9 Å². The van der Waals surface area contributed by atoms with Crippen molar-refractivity contribution in [2.75, 3.05) is 25.5 Å². The van der Waals surface area contributed by atoms with Crippen LogP contribution in [-0.4, -0.2) is 36.3 Å². The third kappa shape index (κ3) is 3.28. The van der Waals surface area contributed by atoms with Gasteiger partial charge in [0.05, 0.1) is 12.6 Å². The fourth-order valence-electron chi connectivity index (χ4n) is 2.99. The molecule has 0 bridgehead atoms. The lowest BCUT2D eigenvalue weighted by Gasteiger charge is -2.28. The number of benzene rings is 2. The van der Waals surface area contributed by atoms with Crippen LogP contribution < -0.4 is 20.1 Å². The molecule has 134 valence electrons. The third-order valence-corrected chi connectivity index (χ3v) is 4.61. The van der Waals surface area contributed by atoms with Crippen molar-refractivity contribution in [3.8, 4) is 11.5 Å². The van der Waals surface area contributed by atoms with Crippen molar-refractivity contribution in [3.05, 3.63) is 54.4 Å². The smallest absolute Gasteiger partial charge is 0.162 e. The summed E-state index contributed by atoms with van der Waals surface area (Å²) in [5.74, 6) is 2.19. The Bertz CT molecular complexity index is 897. The molecule has 1 saturated heterocycles. The van der Waals surface area contributed by atoms with Crippen LogP contribution in [0.1, 0.15) is 18.5 Å². The van der Waals surface area contributed by atoms with E-state index in [1.165, 1.54) is 5.56 Å². The van der Waals surface area contributed by atoms with Gasteiger partial charge in [0.15, 0.2) is 11.5 Å². The number of aromatic nitrogens is 2. The van der Waals surface area contributed by atoms with Gasteiger partial charge in [-0.1, -0.05) is 30.3 Å². The molecule has 1 aromatic heterocycles. The van der Waals surface area contributed by atoms with Gasteiger partial charge in [-0.05, 0) is 18.6 Å². The highest BCUT2D eigenvalue weighted by Gasteiger charge is 2.21. The van der Waals surface area contributed by atoms with Gasteiger partial charge >= 0.3 is 0 Å². The molecule has 1 fully saturated rings. The predicted octanol–water partition coefficient (Wildman–Crippen LogP) is 3.16. The van der Waals surface area contributed by atoms with E-state index < -0.39 is 0 Å². The maximum atomic E-state index is 6.05. The van der Waals surface area contributed by atoms with Crippen molar-refractivity contribution in [2.45, 2.75) is 19.1 Å². The summed E-state index contributed by atoms with van der Waals surface area (Å²) in [4.78, 5) is 8.84. The van der Waals surface area contributed by atoms with Gasteiger partial charge in [-0.25, -0.2) is 9.97 Å². The second-order valence-corrected chi connectivity index (χ2v) is 6.42. The van der Waals surface area contributed by atoms with Crippen molar-refractivity contribution in [1.29, 1.82) is 0 Å². The van der Waals surface area contributed by atoms with Gasteiger partial charge in [0, 0.05) is 30.6 Å². The largest absolute Gasteiger partial charge is 0.493 e. The molecule has 0 amide bonds. The number of anilines is 1. The summed E-state index contributed by atoms with van der Waals surface area (Å²) in [5.41, 5.74) is 2.02. The van der Waals surface area contributed by atoms with Crippen LogP contribution in [-0.2, 0) is 0 Å². The number of hydrogen-bond acceptors (Lipinski definition) is 6. The van der Waals surface area contributed by atoms with Gasteiger partial charge < -0.3 is 20.1 Å². The van der Waals surface area contributed by atoms with Gasteiger partial charge in [-0.3, -0.25) is 0 Å². The van der Waals surface area contributed by atoms with Crippen molar-refractivity contribution < 1.29 is 9.47 Å². The number of nitrogens with zero attached hydrogens (tertiary/aromatic N) is 2. The van der Waals surface area contributed by atoms with Crippen LogP contribution in [0.2, 0.25) is 0 Å². The molecule has 6 heteroatoms. The summed E-state index contributed by atoms with van der Waals surface area (Å²) in [6.45, 7) is 3.81.